The quantitative estimate of drug-likeness (QED) is 0.726. The van der Waals surface area contributed by atoms with Gasteiger partial charge in [-0.05, 0) is 25.3 Å². The van der Waals surface area contributed by atoms with E-state index in [1.165, 1.54) is 44.3 Å². The van der Waals surface area contributed by atoms with Crippen LogP contribution in [0.25, 0.3) is 0 Å². The molecule has 3 heteroatoms. The van der Waals surface area contributed by atoms with E-state index in [-0.39, 0.29) is 0 Å². The largest absolute Gasteiger partial charge is 0.348 e. The molecule has 0 atom stereocenters. The van der Waals surface area contributed by atoms with E-state index in [0.717, 1.165) is 18.9 Å². The second kappa shape index (κ2) is 5.91. The lowest BCUT2D eigenvalue weighted by Gasteiger charge is -2.21. The molecule has 2 rings (SSSR count). The second-order valence-electron chi connectivity index (χ2n) is 4.54. The van der Waals surface area contributed by atoms with Crippen LogP contribution in [0, 0.1) is 5.92 Å². The van der Waals surface area contributed by atoms with Gasteiger partial charge in [-0.2, -0.15) is 0 Å². The van der Waals surface area contributed by atoms with Gasteiger partial charge in [-0.25, -0.2) is 4.98 Å². The number of nitrogens with zero attached hydrogens (tertiary/aromatic N) is 1. The summed E-state index contributed by atoms with van der Waals surface area (Å²) in [5.41, 5.74) is 1.23. The summed E-state index contributed by atoms with van der Waals surface area (Å²) >= 11 is 0. The van der Waals surface area contributed by atoms with Crippen LogP contribution < -0.4 is 5.32 Å². The molecule has 3 nitrogen and oxygen atoms in total. The normalized spacial score (nSPS) is 18.1. The van der Waals surface area contributed by atoms with E-state index >= 15 is 0 Å². The fourth-order valence-corrected chi connectivity index (χ4v) is 2.34. The van der Waals surface area contributed by atoms with E-state index in [1.54, 1.807) is 6.33 Å². The summed E-state index contributed by atoms with van der Waals surface area (Å²) in [4.78, 5) is 7.13. The van der Waals surface area contributed by atoms with Crippen molar-refractivity contribution in [3.05, 3.63) is 18.2 Å². The molecule has 0 radical (unpaired) electrons. The zero-order valence-corrected chi connectivity index (χ0v) is 9.34. The maximum absolute atomic E-state index is 4.01. The standard InChI is InChI=1S/C12H21N3/c1-2-4-11(5-3-1)8-13-7-6-12-9-14-10-15-12/h9-11,13H,1-8H2,(H,14,15). The van der Waals surface area contributed by atoms with Crippen molar-refractivity contribution in [2.24, 2.45) is 5.92 Å². The van der Waals surface area contributed by atoms with Gasteiger partial charge in [0.25, 0.3) is 0 Å². The third kappa shape index (κ3) is 3.67. The van der Waals surface area contributed by atoms with Crippen molar-refractivity contribution in [2.75, 3.05) is 13.1 Å². The van der Waals surface area contributed by atoms with Gasteiger partial charge in [-0.15, -0.1) is 0 Å². The summed E-state index contributed by atoms with van der Waals surface area (Å²) in [6.45, 7) is 2.27. The summed E-state index contributed by atoms with van der Waals surface area (Å²) < 4.78 is 0. The van der Waals surface area contributed by atoms with Crippen molar-refractivity contribution >= 4 is 0 Å². The number of hydrogen-bond donors (Lipinski definition) is 2. The van der Waals surface area contributed by atoms with Crippen molar-refractivity contribution in [1.82, 2.24) is 15.3 Å². The van der Waals surface area contributed by atoms with Gasteiger partial charge in [-0.3, -0.25) is 0 Å². The van der Waals surface area contributed by atoms with E-state index in [4.69, 9.17) is 0 Å². The minimum absolute atomic E-state index is 0.931. The zero-order chi connectivity index (χ0) is 10.3. The van der Waals surface area contributed by atoms with Crippen molar-refractivity contribution in [3.63, 3.8) is 0 Å². The summed E-state index contributed by atoms with van der Waals surface area (Å²) in [5, 5.41) is 3.55. The molecule has 1 aliphatic rings. The number of rotatable bonds is 5. The van der Waals surface area contributed by atoms with E-state index in [2.05, 4.69) is 15.3 Å². The maximum Gasteiger partial charge on any atom is 0.0921 e. The van der Waals surface area contributed by atoms with Crippen LogP contribution in [0.2, 0.25) is 0 Å². The molecule has 15 heavy (non-hydrogen) atoms. The Bertz CT molecular complexity index is 250. The lowest BCUT2D eigenvalue weighted by molar-refractivity contribution is 0.343. The zero-order valence-electron chi connectivity index (χ0n) is 9.34. The van der Waals surface area contributed by atoms with Crippen molar-refractivity contribution in [2.45, 2.75) is 38.5 Å². The molecule has 1 aromatic heterocycles. The molecule has 0 amide bonds. The molecule has 84 valence electrons. The van der Waals surface area contributed by atoms with Crippen molar-refractivity contribution in [1.29, 1.82) is 0 Å². The van der Waals surface area contributed by atoms with Crippen LogP contribution in [0.4, 0.5) is 0 Å². The highest BCUT2D eigenvalue weighted by atomic mass is 14.9. The highest BCUT2D eigenvalue weighted by Crippen LogP contribution is 2.22. The van der Waals surface area contributed by atoms with E-state index in [0.29, 0.717) is 0 Å². The molecule has 1 aliphatic carbocycles. The molecule has 2 N–H and O–H groups in total. The van der Waals surface area contributed by atoms with Crippen molar-refractivity contribution < 1.29 is 0 Å². The number of H-pyrrole nitrogens is 1. The third-order valence-electron chi connectivity index (χ3n) is 3.28. The first-order valence-corrected chi connectivity index (χ1v) is 6.13. The van der Waals surface area contributed by atoms with Crippen LogP contribution in [0.5, 0.6) is 0 Å². The Morgan fingerprint density at radius 3 is 2.93 bits per heavy atom. The smallest absolute Gasteiger partial charge is 0.0921 e. The Hall–Kier alpha value is -0.830. The van der Waals surface area contributed by atoms with E-state index < -0.39 is 0 Å². The molecule has 0 unspecified atom stereocenters. The van der Waals surface area contributed by atoms with Gasteiger partial charge in [0.15, 0.2) is 0 Å². The molecule has 1 saturated carbocycles. The van der Waals surface area contributed by atoms with Crippen LogP contribution in [-0.2, 0) is 6.42 Å². The van der Waals surface area contributed by atoms with Crippen molar-refractivity contribution in [3.8, 4) is 0 Å². The molecule has 0 saturated heterocycles. The fourth-order valence-electron chi connectivity index (χ4n) is 2.34. The fraction of sp³-hybridized carbons (Fsp3) is 0.750. The number of aromatic amines is 1. The molecule has 1 heterocycles. The first-order valence-electron chi connectivity index (χ1n) is 6.13. The molecule has 0 spiro atoms. The summed E-state index contributed by atoms with van der Waals surface area (Å²) in [6, 6.07) is 0. The van der Waals surface area contributed by atoms with Crippen LogP contribution in [-0.4, -0.2) is 23.1 Å². The summed E-state index contributed by atoms with van der Waals surface area (Å²) in [5.74, 6) is 0.931. The summed E-state index contributed by atoms with van der Waals surface area (Å²) in [6.07, 6.45) is 11.9. The highest BCUT2D eigenvalue weighted by molar-refractivity contribution is 4.94. The molecule has 0 aromatic carbocycles. The molecule has 0 bridgehead atoms. The van der Waals surface area contributed by atoms with E-state index in [9.17, 15) is 0 Å². The lowest BCUT2D eigenvalue weighted by atomic mass is 9.89. The molecule has 1 aromatic rings. The lowest BCUT2D eigenvalue weighted by Crippen LogP contribution is -2.26. The van der Waals surface area contributed by atoms with E-state index in [1.807, 2.05) is 6.20 Å². The van der Waals surface area contributed by atoms with Gasteiger partial charge in [0.1, 0.15) is 0 Å². The molecule has 0 aliphatic heterocycles. The predicted molar refractivity (Wildman–Crippen MR) is 61.7 cm³/mol. The van der Waals surface area contributed by atoms with Gasteiger partial charge in [-0.1, -0.05) is 19.3 Å². The highest BCUT2D eigenvalue weighted by Gasteiger charge is 2.12. The Morgan fingerprint density at radius 2 is 2.20 bits per heavy atom. The maximum atomic E-state index is 4.01. The number of nitrogens with one attached hydrogen (secondary N) is 2. The molecular weight excluding hydrogens is 186 g/mol. The topological polar surface area (TPSA) is 40.7 Å². The minimum Gasteiger partial charge on any atom is -0.348 e. The monoisotopic (exact) mass is 207 g/mol. The Kier molecular flexibility index (Phi) is 4.21. The average Bonchev–Trinajstić information content (AvgIpc) is 2.79. The minimum atomic E-state index is 0.931. The first-order chi connectivity index (χ1) is 7.45. The Labute approximate surface area is 91.7 Å². The predicted octanol–water partition coefficient (Wildman–Crippen LogP) is 2.12. The van der Waals surface area contributed by atoms with Crippen LogP contribution in [0.3, 0.4) is 0 Å². The third-order valence-corrected chi connectivity index (χ3v) is 3.28. The Balaban J connectivity index is 1.54. The molecular formula is C12H21N3. The SMILES string of the molecule is c1ncc(CCNCC2CCCCC2)[nH]1. The van der Waals surface area contributed by atoms with Gasteiger partial charge in [0, 0.05) is 24.9 Å². The summed E-state index contributed by atoms with van der Waals surface area (Å²) in [7, 11) is 0. The number of hydrogen-bond acceptors (Lipinski definition) is 2. The number of aromatic nitrogens is 2. The average molecular weight is 207 g/mol. The van der Waals surface area contributed by atoms with Gasteiger partial charge < -0.3 is 10.3 Å². The Morgan fingerprint density at radius 1 is 1.33 bits per heavy atom. The number of imidazole rings is 1. The van der Waals surface area contributed by atoms with Gasteiger partial charge in [0.05, 0.1) is 6.33 Å². The van der Waals surface area contributed by atoms with Crippen LogP contribution in [0.1, 0.15) is 37.8 Å². The van der Waals surface area contributed by atoms with Crippen LogP contribution >= 0.6 is 0 Å². The van der Waals surface area contributed by atoms with Gasteiger partial charge in [0.2, 0.25) is 0 Å². The first kappa shape index (κ1) is 10.7. The second-order valence-corrected chi connectivity index (χ2v) is 4.54. The van der Waals surface area contributed by atoms with Gasteiger partial charge >= 0.3 is 0 Å². The molecule has 1 fully saturated rings. The van der Waals surface area contributed by atoms with Crippen LogP contribution in [0.15, 0.2) is 12.5 Å².